The molecule has 5 nitrogen and oxygen atoms in total. The van der Waals surface area contributed by atoms with E-state index in [9.17, 15) is 4.79 Å². The van der Waals surface area contributed by atoms with Crippen molar-refractivity contribution in [2.24, 2.45) is 5.73 Å². The van der Waals surface area contributed by atoms with Gasteiger partial charge in [-0.2, -0.15) is 0 Å². The second-order valence-corrected chi connectivity index (χ2v) is 6.74. The maximum atomic E-state index is 12.1. The quantitative estimate of drug-likeness (QED) is 0.800. The number of carbonyl (C=O) groups is 1. The lowest BCUT2D eigenvalue weighted by atomic mass is 10.1. The first-order valence-electron chi connectivity index (χ1n) is 9.32. The van der Waals surface area contributed by atoms with Gasteiger partial charge in [0.25, 0.3) is 0 Å². The van der Waals surface area contributed by atoms with Gasteiger partial charge in [0.15, 0.2) is 0 Å². The van der Waals surface area contributed by atoms with E-state index in [1.54, 1.807) is 0 Å². The SMILES string of the molecule is NC(CNC(=O)CCN1CCN(c2ccccc2)CC1)c1ccccc1. The van der Waals surface area contributed by atoms with Crippen molar-refractivity contribution in [3.63, 3.8) is 0 Å². The van der Waals surface area contributed by atoms with Gasteiger partial charge in [-0.25, -0.2) is 0 Å². The van der Waals surface area contributed by atoms with Gasteiger partial charge in [0, 0.05) is 57.4 Å². The summed E-state index contributed by atoms with van der Waals surface area (Å²) < 4.78 is 0. The number of nitrogens with one attached hydrogen (secondary N) is 1. The highest BCUT2D eigenvalue weighted by Gasteiger charge is 2.17. The highest BCUT2D eigenvalue weighted by molar-refractivity contribution is 5.76. The van der Waals surface area contributed by atoms with Crippen LogP contribution in [0.25, 0.3) is 0 Å². The van der Waals surface area contributed by atoms with Crippen molar-refractivity contribution in [1.82, 2.24) is 10.2 Å². The molecule has 1 atom stereocenters. The van der Waals surface area contributed by atoms with Crippen LogP contribution in [0.2, 0.25) is 0 Å². The molecule has 3 rings (SSSR count). The van der Waals surface area contributed by atoms with Gasteiger partial charge < -0.3 is 16.0 Å². The largest absolute Gasteiger partial charge is 0.369 e. The van der Waals surface area contributed by atoms with Crippen molar-refractivity contribution in [1.29, 1.82) is 0 Å². The summed E-state index contributed by atoms with van der Waals surface area (Å²) in [6, 6.07) is 20.2. The molecule has 1 saturated heterocycles. The average Bonchev–Trinajstić information content (AvgIpc) is 2.72. The number of piperazine rings is 1. The van der Waals surface area contributed by atoms with Crippen molar-refractivity contribution in [2.75, 3.05) is 44.2 Å². The zero-order valence-corrected chi connectivity index (χ0v) is 15.2. The Morgan fingerprint density at radius 2 is 1.58 bits per heavy atom. The summed E-state index contributed by atoms with van der Waals surface area (Å²) in [5.41, 5.74) is 8.45. The van der Waals surface area contributed by atoms with Crippen molar-refractivity contribution in [2.45, 2.75) is 12.5 Å². The summed E-state index contributed by atoms with van der Waals surface area (Å²) in [6.45, 7) is 5.27. The van der Waals surface area contributed by atoms with Crippen molar-refractivity contribution >= 4 is 11.6 Å². The van der Waals surface area contributed by atoms with Crippen molar-refractivity contribution < 1.29 is 4.79 Å². The Labute approximate surface area is 155 Å². The molecular formula is C21H28N4O. The lowest BCUT2D eigenvalue weighted by Crippen LogP contribution is -2.47. The summed E-state index contributed by atoms with van der Waals surface area (Å²) >= 11 is 0. The topological polar surface area (TPSA) is 61.6 Å². The van der Waals surface area contributed by atoms with Crippen LogP contribution in [0.5, 0.6) is 0 Å². The first kappa shape index (κ1) is 18.4. The highest BCUT2D eigenvalue weighted by Crippen LogP contribution is 2.15. The third-order valence-corrected chi connectivity index (χ3v) is 4.90. The Balaban J connectivity index is 1.34. The van der Waals surface area contributed by atoms with E-state index in [1.807, 2.05) is 36.4 Å². The minimum Gasteiger partial charge on any atom is -0.369 e. The first-order valence-corrected chi connectivity index (χ1v) is 9.32. The van der Waals surface area contributed by atoms with E-state index in [2.05, 4.69) is 39.4 Å². The molecule has 1 aliphatic heterocycles. The van der Waals surface area contributed by atoms with E-state index >= 15 is 0 Å². The molecule has 26 heavy (non-hydrogen) atoms. The van der Waals surface area contributed by atoms with Crippen LogP contribution in [0, 0.1) is 0 Å². The van der Waals surface area contributed by atoms with Crippen LogP contribution >= 0.6 is 0 Å². The van der Waals surface area contributed by atoms with E-state index in [1.165, 1.54) is 5.69 Å². The van der Waals surface area contributed by atoms with E-state index in [0.29, 0.717) is 13.0 Å². The fourth-order valence-electron chi connectivity index (χ4n) is 3.26. The molecule has 3 N–H and O–H groups in total. The summed E-state index contributed by atoms with van der Waals surface area (Å²) in [5, 5.41) is 2.95. The van der Waals surface area contributed by atoms with E-state index in [4.69, 9.17) is 5.73 Å². The number of carbonyl (C=O) groups excluding carboxylic acids is 1. The van der Waals surface area contributed by atoms with Gasteiger partial charge in [-0.1, -0.05) is 48.5 Å². The van der Waals surface area contributed by atoms with Gasteiger partial charge in [0.1, 0.15) is 0 Å². The molecule has 0 spiro atoms. The van der Waals surface area contributed by atoms with Crippen LogP contribution in [0.15, 0.2) is 60.7 Å². The molecule has 1 heterocycles. The summed E-state index contributed by atoms with van der Waals surface area (Å²) in [4.78, 5) is 16.9. The maximum Gasteiger partial charge on any atom is 0.221 e. The number of benzene rings is 2. The average molecular weight is 352 g/mol. The summed E-state index contributed by atoms with van der Waals surface area (Å²) in [7, 11) is 0. The molecule has 0 saturated carbocycles. The number of para-hydroxylation sites is 1. The third kappa shape index (κ3) is 5.31. The maximum absolute atomic E-state index is 12.1. The van der Waals surface area contributed by atoms with Crippen molar-refractivity contribution in [3.05, 3.63) is 66.2 Å². The zero-order valence-electron chi connectivity index (χ0n) is 15.2. The number of nitrogens with two attached hydrogens (primary N) is 1. The molecule has 1 amide bonds. The van der Waals surface area contributed by atoms with Crippen LogP contribution in [0.3, 0.4) is 0 Å². The van der Waals surface area contributed by atoms with Gasteiger partial charge >= 0.3 is 0 Å². The second-order valence-electron chi connectivity index (χ2n) is 6.74. The molecule has 138 valence electrons. The van der Waals surface area contributed by atoms with Crippen molar-refractivity contribution in [3.8, 4) is 0 Å². The van der Waals surface area contributed by atoms with Crippen LogP contribution < -0.4 is 16.0 Å². The molecule has 2 aromatic rings. The van der Waals surface area contributed by atoms with E-state index < -0.39 is 0 Å². The number of hydrogen-bond acceptors (Lipinski definition) is 4. The van der Waals surface area contributed by atoms with Gasteiger partial charge in [-0.05, 0) is 17.7 Å². The fourth-order valence-corrected chi connectivity index (χ4v) is 3.26. The zero-order chi connectivity index (χ0) is 18.2. The second kappa shape index (κ2) is 9.36. The molecule has 2 aromatic carbocycles. The smallest absolute Gasteiger partial charge is 0.221 e. The molecular weight excluding hydrogens is 324 g/mol. The van der Waals surface area contributed by atoms with Gasteiger partial charge in [0.2, 0.25) is 5.91 Å². The lowest BCUT2D eigenvalue weighted by Gasteiger charge is -2.36. The number of amides is 1. The number of rotatable bonds is 7. The molecule has 5 heteroatoms. The summed E-state index contributed by atoms with van der Waals surface area (Å²) in [5.74, 6) is 0.0712. The van der Waals surface area contributed by atoms with Crippen LogP contribution in [-0.2, 0) is 4.79 Å². The number of nitrogens with zero attached hydrogens (tertiary/aromatic N) is 2. The first-order chi connectivity index (χ1) is 12.7. The molecule has 0 aromatic heterocycles. The Morgan fingerprint density at radius 3 is 2.23 bits per heavy atom. The van der Waals surface area contributed by atoms with Crippen LogP contribution in [-0.4, -0.2) is 50.1 Å². The number of anilines is 1. The Morgan fingerprint density at radius 1 is 0.962 bits per heavy atom. The van der Waals surface area contributed by atoms with Gasteiger partial charge in [-0.3, -0.25) is 9.69 Å². The summed E-state index contributed by atoms with van der Waals surface area (Å²) in [6.07, 6.45) is 0.521. The molecule has 1 aliphatic rings. The molecule has 0 radical (unpaired) electrons. The van der Waals surface area contributed by atoms with E-state index in [0.717, 1.165) is 38.3 Å². The number of hydrogen-bond donors (Lipinski definition) is 2. The molecule has 0 bridgehead atoms. The normalized spacial score (nSPS) is 16.3. The molecule has 1 unspecified atom stereocenters. The Hall–Kier alpha value is -2.37. The van der Waals surface area contributed by atoms with Gasteiger partial charge in [-0.15, -0.1) is 0 Å². The fraction of sp³-hybridized carbons (Fsp3) is 0.381. The highest BCUT2D eigenvalue weighted by atomic mass is 16.1. The van der Waals surface area contributed by atoms with E-state index in [-0.39, 0.29) is 11.9 Å². The predicted octanol–water partition coefficient (Wildman–Crippen LogP) is 2.01. The monoisotopic (exact) mass is 352 g/mol. The minimum absolute atomic E-state index is 0.0712. The van der Waals surface area contributed by atoms with Crippen LogP contribution in [0.4, 0.5) is 5.69 Å². The minimum atomic E-state index is -0.158. The predicted molar refractivity (Wildman–Crippen MR) is 106 cm³/mol. The third-order valence-electron chi connectivity index (χ3n) is 4.90. The molecule has 0 aliphatic carbocycles. The van der Waals surface area contributed by atoms with Crippen LogP contribution in [0.1, 0.15) is 18.0 Å². The Bertz CT molecular complexity index is 669. The standard InChI is InChI=1S/C21H28N4O/c22-20(18-7-3-1-4-8-18)17-23-21(26)11-12-24-13-15-25(16-14-24)19-9-5-2-6-10-19/h1-10,20H,11-17,22H2,(H,23,26). The molecule has 1 fully saturated rings. The lowest BCUT2D eigenvalue weighted by molar-refractivity contribution is -0.121. The Kier molecular flexibility index (Phi) is 6.63. The van der Waals surface area contributed by atoms with Gasteiger partial charge in [0.05, 0.1) is 0 Å².